The van der Waals surface area contributed by atoms with Gasteiger partial charge in [-0.05, 0) is 0 Å². The molecule has 0 atom stereocenters. The Morgan fingerprint density at radius 3 is 2.00 bits per heavy atom. The molecule has 0 aliphatic rings. The predicted octanol–water partition coefficient (Wildman–Crippen LogP) is -0.526. The Bertz CT molecular complexity index is 331. The standard InChI is InChI=1S/C9H10B4.CH4/c1-4(2)8-7(11)6(10)5(3)9(12)13-8;/h4H,1-3H3;1H4. The summed E-state index contributed by atoms with van der Waals surface area (Å²) in [4.78, 5) is 0. The van der Waals surface area contributed by atoms with E-state index in [1.54, 1.807) is 0 Å². The summed E-state index contributed by atoms with van der Waals surface area (Å²) in [5.41, 5.74) is 3.19. The molecule has 1 aromatic rings. The van der Waals surface area contributed by atoms with Gasteiger partial charge in [-0.3, -0.25) is 0 Å². The van der Waals surface area contributed by atoms with Crippen LogP contribution in [0.3, 0.4) is 0 Å². The number of hydrogen-bond acceptors (Lipinski definition) is 0. The molecule has 0 aromatic carbocycles. The molecule has 1 heterocycles. The first-order chi connectivity index (χ1) is 5.95. The first-order valence-corrected chi connectivity index (χ1v) is 4.39. The maximum absolute atomic E-state index is 5.87. The summed E-state index contributed by atoms with van der Waals surface area (Å²) in [6.45, 7) is 7.93. The second-order valence-corrected chi connectivity index (χ2v) is 3.66. The van der Waals surface area contributed by atoms with Crippen molar-refractivity contribution in [2.24, 2.45) is 0 Å². The monoisotopic (exact) mass is 178 g/mol. The van der Waals surface area contributed by atoms with E-state index in [1.165, 1.54) is 0 Å². The van der Waals surface area contributed by atoms with Gasteiger partial charge in [0, 0.05) is 0 Å². The van der Waals surface area contributed by atoms with Crippen LogP contribution in [0, 0.1) is 6.92 Å². The Labute approximate surface area is 92.3 Å². The van der Waals surface area contributed by atoms with E-state index in [2.05, 4.69) is 13.8 Å². The molecule has 0 aliphatic heterocycles. The Kier molecular flexibility index (Phi) is 4.77. The number of rotatable bonds is 1. The summed E-state index contributed by atoms with van der Waals surface area (Å²) in [6, 6.07) is 0. The predicted molar refractivity (Wildman–Crippen MR) is 69.5 cm³/mol. The number of hydrogen-bond donors (Lipinski definition) is 0. The Morgan fingerprint density at radius 2 is 1.57 bits per heavy atom. The molecule has 0 N–H and O–H groups in total. The Balaban J connectivity index is 0.00000169. The van der Waals surface area contributed by atoms with Gasteiger partial charge >= 0.3 is 84.4 Å². The van der Waals surface area contributed by atoms with Gasteiger partial charge in [0.15, 0.2) is 0 Å². The fraction of sp³-hybridized carbons (Fsp3) is 0.500. The summed E-state index contributed by atoms with van der Waals surface area (Å²) in [5.74, 6) is 0.352. The van der Waals surface area contributed by atoms with E-state index < -0.39 is 0 Å². The molecular formula is C10H14B4. The molecule has 1 rings (SSSR count). The quantitative estimate of drug-likeness (QED) is 0.506. The van der Waals surface area contributed by atoms with Gasteiger partial charge < -0.3 is 0 Å². The van der Waals surface area contributed by atoms with Crippen molar-refractivity contribution in [2.75, 3.05) is 0 Å². The minimum absolute atomic E-state index is 0. The fourth-order valence-electron chi connectivity index (χ4n) is 1.34. The van der Waals surface area contributed by atoms with Gasteiger partial charge in [-0.15, -0.1) is 0 Å². The van der Waals surface area contributed by atoms with E-state index in [0.717, 1.165) is 16.4 Å². The van der Waals surface area contributed by atoms with Crippen LogP contribution in [-0.2, 0) is 0 Å². The Hall–Kier alpha value is -0.390. The maximum atomic E-state index is 5.87. The normalized spacial score (nSPS) is 9.71. The zero-order chi connectivity index (χ0) is 10.2. The van der Waals surface area contributed by atoms with Gasteiger partial charge in [0.05, 0.1) is 0 Å². The van der Waals surface area contributed by atoms with E-state index in [0.29, 0.717) is 16.8 Å². The van der Waals surface area contributed by atoms with E-state index in [-0.39, 0.29) is 7.43 Å². The summed E-state index contributed by atoms with van der Waals surface area (Å²) >= 11 is 0. The van der Waals surface area contributed by atoms with E-state index in [4.69, 9.17) is 23.5 Å². The molecule has 0 aliphatic carbocycles. The zero-order valence-electron chi connectivity index (χ0n) is 8.39. The Morgan fingerprint density at radius 1 is 1.07 bits per heavy atom. The summed E-state index contributed by atoms with van der Waals surface area (Å²) < 4.78 is 0. The van der Waals surface area contributed by atoms with Gasteiger partial charge in [0.1, 0.15) is 0 Å². The SMILES string of the molecule is C.[B]c1bc(C(C)C)c([B])c([B])c1C. The van der Waals surface area contributed by atoms with Crippen LogP contribution in [0.5, 0.6) is 0 Å². The topological polar surface area (TPSA) is 0 Å². The molecular weight excluding hydrogens is 163 g/mol. The zero-order valence-corrected chi connectivity index (χ0v) is 8.39. The summed E-state index contributed by atoms with van der Waals surface area (Å²) in [7, 11) is 17.5. The van der Waals surface area contributed by atoms with Crippen molar-refractivity contribution in [3.05, 3.63) is 11.0 Å². The summed E-state index contributed by atoms with van der Waals surface area (Å²) in [5, 5.41) is 0.718. The second kappa shape index (κ2) is 4.91. The van der Waals surface area contributed by atoms with Crippen molar-refractivity contribution in [2.45, 2.75) is 34.1 Å². The van der Waals surface area contributed by atoms with Crippen LogP contribution in [0.25, 0.3) is 0 Å². The average Bonchev–Trinajstić information content (AvgIpc) is 2.07. The minimum atomic E-state index is 0. The average molecular weight is 177 g/mol. The molecule has 66 valence electrons. The van der Waals surface area contributed by atoms with Crippen molar-refractivity contribution < 1.29 is 0 Å². The molecule has 1 aromatic heterocycles. The van der Waals surface area contributed by atoms with Crippen LogP contribution in [0.1, 0.15) is 38.2 Å². The van der Waals surface area contributed by atoms with E-state index in [1.807, 2.05) is 13.8 Å². The third-order valence-electron chi connectivity index (χ3n) is 2.37. The van der Waals surface area contributed by atoms with Crippen LogP contribution in [0.15, 0.2) is 0 Å². The van der Waals surface area contributed by atoms with Crippen LogP contribution in [0.2, 0.25) is 0 Å². The first-order valence-electron chi connectivity index (χ1n) is 4.39. The summed E-state index contributed by atoms with van der Waals surface area (Å²) in [6.07, 6.45) is 0. The molecule has 6 radical (unpaired) electrons. The van der Waals surface area contributed by atoms with Crippen molar-refractivity contribution in [3.8, 4) is 0 Å². The molecule has 0 saturated heterocycles. The molecule has 14 heavy (non-hydrogen) atoms. The molecule has 0 fully saturated rings. The molecule has 0 unspecified atom stereocenters. The molecule has 0 saturated carbocycles. The molecule has 0 amide bonds. The van der Waals surface area contributed by atoms with Gasteiger partial charge in [0.2, 0.25) is 0 Å². The third-order valence-corrected chi connectivity index (χ3v) is 2.37. The molecule has 4 heteroatoms. The second-order valence-electron chi connectivity index (χ2n) is 3.66. The van der Waals surface area contributed by atoms with E-state index in [9.17, 15) is 0 Å². The van der Waals surface area contributed by atoms with Crippen molar-refractivity contribution >= 4 is 46.7 Å². The van der Waals surface area contributed by atoms with Gasteiger partial charge in [-0.1, -0.05) is 7.43 Å². The molecule has 0 spiro atoms. The molecule has 0 nitrogen and oxygen atoms in total. The van der Waals surface area contributed by atoms with Gasteiger partial charge in [-0.2, -0.15) is 0 Å². The van der Waals surface area contributed by atoms with Crippen LogP contribution >= 0.6 is 0 Å². The first kappa shape index (κ1) is 13.6. The fourth-order valence-corrected chi connectivity index (χ4v) is 1.34. The van der Waals surface area contributed by atoms with Crippen molar-refractivity contribution in [1.29, 1.82) is 0 Å². The van der Waals surface area contributed by atoms with E-state index >= 15 is 0 Å². The van der Waals surface area contributed by atoms with Gasteiger partial charge in [0.25, 0.3) is 0 Å². The third kappa shape index (κ3) is 2.34. The molecule has 0 bridgehead atoms. The van der Waals surface area contributed by atoms with Crippen LogP contribution in [0.4, 0.5) is 0 Å². The van der Waals surface area contributed by atoms with Gasteiger partial charge in [-0.25, -0.2) is 0 Å². The van der Waals surface area contributed by atoms with Crippen molar-refractivity contribution in [1.82, 2.24) is 0 Å². The van der Waals surface area contributed by atoms with Crippen LogP contribution in [-0.4, -0.2) is 30.4 Å². The van der Waals surface area contributed by atoms with Crippen LogP contribution < -0.4 is 16.3 Å². The van der Waals surface area contributed by atoms with Crippen molar-refractivity contribution in [3.63, 3.8) is 0 Å².